The van der Waals surface area contributed by atoms with E-state index in [0.717, 1.165) is 18.4 Å². The Hall–Kier alpha value is -2.78. The third kappa shape index (κ3) is 2.31. The van der Waals surface area contributed by atoms with Crippen molar-refractivity contribution >= 4 is 0 Å². The summed E-state index contributed by atoms with van der Waals surface area (Å²) in [6, 6.07) is 21.7. The molecule has 1 N–H and O–H groups in total. The standard InChI is InChI=1S/C22H18O3/c23-22-16-8-3-4-9-17(16)24-19-10-5-11-20(21(19)22)25-18-13-12-14-6-1-2-7-15(14)18/h1-11,18,22-23H,12-13H2/t18-,22?/m0/s1. The number of aliphatic hydroxyl groups is 1. The quantitative estimate of drug-likeness (QED) is 0.723. The predicted molar refractivity (Wildman–Crippen MR) is 95.2 cm³/mol. The van der Waals surface area contributed by atoms with Gasteiger partial charge in [-0.1, -0.05) is 48.5 Å². The van der Waals surface area contributed by atoms with Crippen LogP contribution in [0.4, 0.5) is 0 Å². The van der Waals surface area contributed by atoms with Crippen LogP contribution in [-0.2, 0) is 6.42 Å². The molecule has 1 aliphatic carbocycles. The normalized spacial score (nSPS) is 20.2. The lowest BCUT2D eigenvalue weighted by Crippen LogP contribution is -2.13. The van der Waals surface area contributed by atoms with Gasteiger partial charge in [0.25, 0.3) is 0 Å². The van der Waals surface area contributed by atoms with Crippen LogP contribution in [0.2, 0.25) is 0 Å². The van der Waals surface area contributed by atoms with Gasteiger partial charge in [-0.3, -0.25) is 0 Å². The summed E-state index contributed by atoms with van der Waals surface area (Å²) in [5, 5.41) is 10.9. The summed E-state index contributed by atoms with van der Waals surface area (Å²) >= 11 is 0. The zero-order valence-electron chi connectivity index (χ0n) is 13.7. The van der Waals surface area contributed by atoms with Crippen molar-refractivity contribution in [3.63, 3.8) is 0 Å². The van der Waals surface area contributed by atoms with E-state index in [1.54, 1.807) is 0 Å². The fourth-order valence-corrected chi connectivity index (χ4v) is 3.85. The second kappa shape index (κ2) is 5.64. The van der Waals surface area contributed by atoms with Crippen molar-refractivity contribution in [2.45, 2.75) is 25.0 Å². The van der Waals surface area contributed by atoms with E-state index in [-0.39, 0.29) is 6.10 Å². The van der Waals surface area contributed by atoms with Gasteiger partial charge in [-0.05, 0) is 42.2 Å². The van der Waals surface area contributed by atoms with E-state index in [4.69, 9.17) is 9.47 Å². The molecular weight excluding hydrogens is 312 g/mol. The zero-order valence-corrected chi connectivity index (χ0v) is 13.7. The average Bonchev–Trinajstić information content (AvgIpc) is 3.05. The molecule has 0 saturated heterocycles. The second-order valence-corrected chi connectivity index (χ2v) is 6.55. The topological polar surface area (TPSA) is 38.7 Å². The summed E-state index contributed by atoms with van der Waals surface area (Å²) in [5.41, 5.74) is 4.08. The molecule has 1 aliphatic heterocycles. The molecular formula is C22H18O3. The van der Waals surface area contributed by atoms with E-state index >= 15 is 0 Å². The van der Waals surface area contributed by atoms with Crippen molar-refractivity contribution in [3.05, 3.63) is 89.0 Å². The van der Waals surface area contributed by atoms with Crippen LogP contribution in [0.25, 0.3) is 0 Å². The minimum Gasteiger partial charge on any atom is -0.485 e. The van der Waals surface area contributed by atoms with Crippen molar-refractivity contribution in [1.82, 2.24) is 0 Å². The molecule has 124 valence electrons. The van der Waals surface area contributed by atoms with Crippen LogP contribution < -0.4 is 9.47 Å². The van der Waals surface area contributed by atoms with Gasteiger partial charge in [0.2, 0.25) is 0 Å². The molecule has 0 radical (unpaired) electrons. The Bertz CT molecular complexity index is 948. The number of fused-ring (bicyclic) bond motifs is 3. The number of hydrogen-bond acceptors (Lipinski definition) is 3. The molecule has 1 unspecified atom stereocenters. The van der Waals surface area contributed by atoms with E-state index in [9.17, 15) is 5.11 Å². The molecule has 2 aliphatic rings. The van der Waals surface area contributed by atoms with E-state index in [1.807, 2.05) is 42.5 Å². The molecule has 0 saturated carbocycles. The zero-order chi connectivity index (χ0) is 16.8. The Balaban J connectivity index is 1.53. The molecule has 0 amide bonds. The van der Waals surface area contributed by atoms with Gasteiger partial charge in [0, 0.05) is 5.56 Å². The summed E-state index contributed by atoms with van der Waals surface area (Å²) in [7, 11) is 0. The molecule has 0 bridgehead atoms. The lowest BCUT2D eigenvalue weighted by atomic mass is 9.96. The SMILES string of the molecule is OC1c2ccccc2Oc2cccc(O[C@H]3CCc4ccccc43)c21. The molecule has 3 nitrogen and oxygen atoms in total. The molecule has 3 aromatic rings. The highest BCUT2D eigenvalue weighted by Gasteiger charge is 2.31. The predicted octanol–water partition coefficient (Wildman–Crippen LogP) is 4.94. The second-order valence-electron chi connectivity index (χ2n) is 6.55. The monoisotopic (exact) mass is 330 g/mol. The molecule has 3 heteroatoms. The number of aliphatic hydroxyl groups excluding tert-OH is 1. The Morgan fingerprint density at radius 1 is 0.840 bits per heavy atom. The third-order valence-corrected chi connectivity index (χ3v) is 5.08. The fraction of sp³-hybridized carbons (Fsp3) is 0.182. The summed E-state index contributed by atoms with van der Waals surface area (Å²) < 4.78 is 12.3. The maximum atomic E-state index is 10.9. The minimum absolute atomic E-state index is 0.0204. The molecule has 25 heavy (non-hydrogen) atoms. The van der Waals surface area contributed by atoms with Crippen LogP contribution in [0.1, 0.15) is 40.9 Å². The lowest BCUT2D eigenvalue weighted by molar-refractivity contribution is 0.173. The minimum atomic E-state index is -0.743. The van der Waals surface area contributed by atoms with Crippen molar-refractivity contribution in [2.75, 3.05) is 0 Å². The van der Waals surface area contributed by atoms with Crippen molar-refractivity contribution < 1.29 is 14.6 Å². The van der Waals surface area contributed by atoms with Crippen LogP contribution in [0.3, 0.4) is 0 Å². The number of rotatable bonds is 2. The summed E-state index contributed by atoms with van der Waals surface area (Å²) in [4.78, 5) is 0. The van der Waals surface area contributed by atoms with Gasteiger partial charge in [0.15, 0.2) is 0 Å². The third-order valence-electron chi connectivity index (χ3n) is 5.08. The van der Waals surface area contributed by atoms with Crippen molar-refractivity contribution in [1.29, 1.82) is 0 Å². The van der Waals surface area contributed by atoms with Crippen LogP contribution in [0.5, 0.6) is 17.2 Å². The first-order valence-electron chi connectivity index (χ1n) is 8.63. The first-order chi connectivity index (χ1) is 12.3. The van der Waals surface area contributed by atoms with E-state index < -0.39 is 6.10 Å². The highest BCUT2D eigenvalue weighted by Crippen LogP contribution is 2.48. The van der Waals surface area contributed by atoms with Crippen LogP contribution in [-0.4, -0.2) is 5.11 Å². The molecule has 1 heterocycles. The number of hydrogen-bond donors (Lipinski definition) is 1. The Kier molecular flexibility index (Phi) is 3.28. The number of para-hydroxylation sites is 1. The van der Waals surface area contributed by atoms with Crippen molar-refractivity contribution in [2.24, 2.45) is 0 Å². The van der Waals surface area contributed by atoms with E-state index in [2.05, 4.69) is 24.3 Å². The van der Waals surface area contributed by atoms with Gasteiger partial charge in [0.1, 0.15) is 29.5 Å². The average molecular weight is 330 g/mol. The first-order valence-corrected chi connectivity index (χ1v) is 8.63. The number of benzene rings is 3. The first kappa shape index (κ1) is 14.6. The Labute approximate surface area is 146 Å². The maximum absolute atomic E-state index is 10.9. The molecule has 0 spiro atoms. The van der Waals surface area contributed by atoms with Gasteiger partial charge in [-0.15, -0.1) is 0 Å². The molecule has 2 atom stereocenters. The Morgan fingerprint density at radius 2 is 1.60 bits per heavy atom. The largest absolute Gasteiger partial charge is 0.485 e. The van der Waals surface area contributed by atoms with Gasteiger partial charge in [0.05, 0.1) is 5.56 Å². The summed E-state index contributed by atoms with van der Waals surface area (Å²) in [6.45, 7) is 0. The highest BCUT2D eigenvalue weighted by atomic mass is 16.5. The van der Waals surface area contributed by atoms with Gasteiger partial charge in [-0.2, -0.15) is 0 Å². The summed E-state index contributed by atoms with van der Waals surface area (Å²) in [5.74, 6) is 2.06. The fourth-order valence-electron chi connectivity index (χ4n) is 3.85. The molecule has 5 rings (SSSR count). The highest BCUT2D eigenvalue weighted by molar-refractivity contribution is 5.57. The van der Waals surface area contributed by atoms with Crippen LogP contribution in [0, 0.1) is 0 Å². The van der Waals surface area contributed by atoms with Gasteiger partial charge in [-0.25, -0.2) is 0 Å². The molecule has 3 aromatic carbocycles. The van der Waals surface area contributed by atoms with Gasteiger partial charge < -0.3 is 14.6 Å². The van der Waals surface area contributed by atoms with Gasteiger partial charge >= 0.3 is 0 Å². The Morgan fingerprint density at radius 3 is 2.52 bits per heavy atom. The summed E-state index contributed by atoms with van der Waals surface area (Å²) in [6.07, 6.45) is 1.26. The molecule has 0 aromatic heterocycles. The molecule has 0 fully saturated rings. The van der Waals surface area contributed by atoms with Crippen molar-refractivity contribution in [3.8, 4) is 17.2 Å². The lowest BCUT2D eigenvalue weighted by Gasteiger charge is -2.27. The number of ether oxygens (including phenoxy) is 2. The van der Waals surface area contributed by atoms with E-state index in [0.29, 0.717) is 22.8 Å². The van der Waals surface area contributed by atoms with Crippen LogP contribution in [0.15, 0.2) is 66.7 Å². The smallest absolute Gasteiger partial charge is 0.137 e. The maximum Gasteiger partial charge on any atom is 0.137 e. The number of aryl methyl sites for hydroxylation is 1. The van der Waals surface area contributed by atoms with E-state index in [1.165, 1.54) is 11.1 Å². The van der Waals surface area contributed by atoms with Crippen LogP contribution >= 0.6 is 0 Å².